The van der Waals surface area contributed by atoms with Crippen LogP contribution in [0.3, 0.4) is 0 Å². The van der Waals surface area contributed by atoms with Crippen LogP contribution in [-0.4, -0.2) is 68.4 Å². The Kier molecular flexibility index (Phi) is 7.26. The maximum absolute atomic E-state index is 15.7. The zero-order chi connectivity index (χ0) is 29.4. The van der Waals surface area contributed by atoms with Gasteiger partial charge in [0.25, 0.3) is 6.43 Å². The molecular weight excluding hydrogens is 545 g/mol. The number of amides is 2. The number of benzene rings is 1. The quantitative estimate of drug-likeness (QED) is 0.257. The standard InChI is InChI=1S/C26H25F3N8O4/c1-12-16(8-32-25(41-2)23(12)30)15-5-13-6-19(31-9-17(13)24(22(15)29)34-26(39)40)33-20-7-14-3-4-36(10-18(27)28)21(38)11-37(14)35-20/h5-9,18,34H,3-4,10-11,30H2,1-2H3,(H,39,40)(H,31,33,35). The lowest BCUT2D eigenvalue weighted by atomic mass is 9.97. The van der Waals surface area contributed by atoms with E-state index in [1.165, 1.54) is 30.3 Å². The number of pyridine rings is 2. The van der Waals surface area contributed by atoms with Gasteiger partial charge in [-0.25, -0.2) is 27.9 Å². The highest BCUT2D eigenvalue weighted by Gasteiger charge is 2.25. The number of fused-ring (bicyclic) bond motifs is 2. The van der Waals surface area contributed by atoms with E-state index in [1.54, 1.807) is 19.1 Å². The molecule has 0 fully saturated rings. The molecule has 214 valence electrons. The van der Waals surface area contributed by atoms with Crippen LogP contribution in [0.15, 0.2) is 30.6 Å². The molecule has 0 unspecified atom stereocenters. The molecule has 12 nitrogen and oxygen atoms in total. The molecule has 0 bridgehead atoms. The van der Waals surface area contributed by atoms with E-state index in [4.69, 9.17) is 10.5 Å². The summed E-state index contributed by atoms with van der Waals surface area (Å²) in [5.41, 5.74) is 7.59. The van der Waals surface area contributed by atoms with Crippen LogP contribution in [0.5, 0.6) is 5.88 Å². The molecule has 0 spiro atoms. The fourth-order valence-electron chi connectivity index (χ4n) is 4.74. The molecule has 0 atom stereocenters. The van der Waals surface area contributed by atoms with Gasteiger partial charge in [0.1, 0.15) is 12.4 Å². The number of nitrogens with one attached hydrogen (secondary N) is 2. The first kappa shape index (κ1) is 27.5. The minimum atomic E-state index is -2.62. The number of rotatable bonds is 7. The average Bonchev–Trinajstić information content (AvgIpc) is 3.23. The Labute approximate surface area is 230 Å². The van der Waals surface area contributed by atoms with Crippen molar-refractivity contribution in [2.75, 3.05) is 36.6 Å². The summed E-state index contributed by atoms with van der Waals surface area (Å²) in [6.07, 6.45) is -1.04. The summed E-state index contributed by atoms with van der Waals surface area (Å²) in [7, 11) is 1.41. The molecule has 5 N–H and O–H groups in total. The second-order valence-corrected chi connectivity index (χ2v) is 9.34. The van der Waals surface area contributed by atoms with Crippen LogP contribution in [0.2, 0.25) is 0 Å². The number of methoxy groups -OCH3 is 1. The molecule has 4 aromatic rings. The van der Waals surface area contributed by atoms with E-state index in [9.17, 15) is 23.5 Å². The monoisotopic (exact) mass is 570 g/mol. The lowest BCUT2D eigenvalue weighted by Gasteiger charge is -2.19. The summed E-state index contributed by atoms with van der Waals surface area (Å²) in [6, 6.07) is 4.80. The van der Waals surface area contributed by atoms with Crippen molar-refractivity contribution in [3.05, 3.63) is 47.7 Å². The molecule has 1 aromatic carbocycles. The zero-order valence-electron chi connectivity index (χ0n) is 21.9. The van der Waals surface area contributed by atoms with Crippen molar-refractivity contribution in [2.45, 2.75) is 26.3 Å². The third-order valence-electron chi connectivity index (χ3n) is 6.78. The number of nitrogens with zero attached hydrogens (tertiary/aromatic N) is 5. The van der Waals surface area contributed by atoms with E-state index in [1.807, 2.05) is 0 Å². The topological polar surface area (TPSA) is 161 Å². The Hall–Kier alpha value is -5.08. The van der Waals surface area contributed by atoms with Gasteiger partial charge in [-0.05, 0) is 30.0 Å². The van der Waals surface area contributed by atoms with Gasteiger partial charge in [-0.1, -0.05) is 0 Å². The molecule has 1 aliphatic rings. The fourth-order valence-corrected chi connectivity index (χ4v) is 4.74. The maximum atomic E-state index is 15.7. The highest BCUT2D eigenvalue weighted by molar-refractivity contribution is 6.03. The van der Waals surface area contributed by atoms with Crippen molar-refractivity contribution in [1.82, 2.24) is 24.6 Å². The van der Waals surface area contributed by atoms with E-state index >= 15 is 4.39 Å². The number of carbonyl (C=O) groups is 2. The Morgan fingerprint density at radius 1 is 1.20 bits per heavy atom. The van der Waals surface area contributed by atoms with Gasteiger partial charge in [0.15, 0.2) is 11.6 Å². The van der Waals surface area contributed by atoms with Gasteiger partial charge in [-0.3, -0.25) is 14.8 Å². The van der Waals surface area contributed by atoms with Gasteiger partial charge < -0.3 is 25.8 Å². The van der Waals surface area contributed by atoms with Gasteiger partial charge in [0, 0.05) is 53.6 Å². The Morgan fingerprint density at radius 3 is 2.68 bits per heavy atom. The summed E-state index contributed by atoms with van der Waals surface area (Å²) in [5.74, 6) is -0.454. The smallest absolute Gasteiger partial charge is 0.409 e. The van der Waals surface area contributed by atoms with E-state index in [-0.39, 0.29) is 41.3 Å². The van der Waals surface area contributed by atoms with Crippen molar-refractivity contribution in [3.8, 4) is 17.0 Å². The van der Waals surface area contributed by atoms with Crippen LogP contribution in [0.4, 0.5) is 41.0 Å². The third-order valence-corrected chi connectivity index (χ3v) is 6.78. The summed E-state index contributed by atoms with van der Waals surface area (Å²) >= 11 is 0. The second kappa shape index (κ2) is 10.8. The SMILES string of the molecule is COc1ncc(-c2cc3cc(Nc4cc5n(n4)CC(=O)N(CC(F)F)CC5)ncc3c(NC(=O)O)c2F)c(C)c1N. The first-order valence-electron chi connectivity index (χ1n) is 12.4. The molecule has 0 saturated heterocycles. The minimum Gasteiger partial charge on any atom is -0.480 e. The summed E-state index contributed by atoms with van der Waals surface area (Å²) in [5, 5.41) is 19.5. The molecule has 1 aliphatic heterocycles. The molecule has 2 amide bonds. The number of anilines is 4. The number of carbonyl (C=O) groups excluding carboxylic acids is 1. The predicted molar refractivity (Wildman–Crippen MR) is 144 cm³/mol. The first-order chi connectivity index (χ1) is 19.5. The van der Waals surface area contributed by atoms with E-state index in [0.717, 1.165) is 4.90 Å². The number of ether oxygens (including phenoxy) is 1. The Balaban J connectivity index is 1.51. The van der Waals surface area contributed by atoms with Crippen LogP contribution in [0.25, 0.3) is 21.9 Å². The molecule has 5 rings (SSSR count). The molecule has 41 heavy (non-hydrogen) atoms. The Bertz CT molecular complexity index is 1680. The largest absolute Gasteiger partial charge is 0.480 e. The Morgan fingerprint density at radius 2 is 1.98 bits per heavy atom. The van der Waals surface area contributed by atoms with Crippen LogP contribution in [0.1, 0.15) is 11.3 Å². The van der Waals surface area contributed by atoms with Gasteiger partial charge in [-0.15, -0.1) is 0 Å². The number of hydrogen-bond acceptors (Lipinski definition) is 8. The van der Waals surface area contributed by atoms with E-state index in [0.29, 0.717) is 40.3 Å². The van der Waals surface area contributed by atoms with E-state index in [2.05, 4.69) is 25.7 Å². The molecule has 0 aliphatic carbocycles. The summed E-state index contributed by atoms with van der Waals surface area (Å²) in [6.45, 7) is 0.999. The number of hydrogen-bond donors (Lipinski definition) is 4. The first-order valence-corrected chi connectivity index (χ1v) is 12.4. The van der Waals surface area contributed by atoms with Gasteiger partial charge in [0.05, 0.1) is 25.0 Å². The lowest BCUT2D eigenvalue weighted by Crippen LogP contribution is -2.36. The van der Waals surface area contributed by atoms with Crippen LogP contribution >= 0.6 is 0 Å². The lowest BCUT2D eigenvalue weighted by molar-refractivity contribution is -0.133. The molecule has 15 heteroatoms. The van der Waals surface area contributed by atoms with Crippen molar-refractivity contribution in [3.63, 3.8) is 0 Å². The second-order valence-electron chi connectivity index (χ2n) is 9.34. The fraction of sp³-hybridized carbons (Fsp3) is 0.269. The zero-order valence-corrected chi connectivity index (χ0v) is 21.9. The number of aromatic nitrogens is 4. The normalized spacial score (nSPS) is 13.3. The third kappa shape index (κ3) is 5.37. The number of halogens is 3. The minimum absolute atomic E-state index is 0.0540. The molecule has 0 saturated carbocycles. The molecule has 3 aromatic heterocycles. The van der Waals surface area contributed by atoms with Crippen LogP contribution in [-0.2, 0) is 17.8 Å². The molecular formula is C26H25F3N8O4. The van der Waals surface area contributed by atoms with Crippen molar-refractivity contribution < 1.29 is 32.6 Å². The van der Waals surface area contributed by atoms with Gasteiger partial charge in [0.2, 0.25) is 11.8 Å². The van der Waals surface area contributed by atoms with E-state index < -0.39 is 30.8 Å². The maximum Gasteiger partial charge on any atom is 0.409 e. The van der Waals surface area contributed by atoms with Gasteiger partial charge in [-0.2, -0.15) is 5.10 Å². The van der Waals surface area contributed by atoms with Gasteiger partial charge >= 0.3 is 6.09 Å². The van der Waals surface area contributed by atoms with Crippen LogP contribution < -0.4 is 21.1 Å². The highest BCUT2D eigenvalue weighted by atomic mass is 19.3. The van der Waals surface area contributed by atoms with Crippen molar-refractivity contribution in [2.24, 2.45) is 0 Å². The number of nitrogens with two attached hydrogens (primary N) is 1. The summed E-state index contributed by atoms with van der Waals surface area (Å²) in [4.78, 5) is 33.4. The summed E-state index contributed by atoms with van der Waals surface area (Å²) < 4.78 is 47.9. The average molecular weight is 571 g/mol. The molecule has 4 heterocycles. The van der Waals surface area contributed by atoms with Crippen LogP contribution in [0, 0.1) is 12.7 Å². The van der Waals surface area contributed by atoms with Crippen molar-refractivity contribution >= 4 is 45.8 Å². The predicted octanol–water partition coefficient (Wildman–Crippen LogP) is 4.01. The number of carboxylic acid groups (broad SMARTS) is 1. The molecule has 0 radical (unpaired) electrons. The highest BCUT2D eigenvalue weighted by Crippen LogP contribution is 2.39. The number of alkyl halides is 2. The van der Waals surface area contributed by atoms with Crippen molar-refractivity contribution in [1.29, 1.82) is 0 Å². The number of nitrogen functional groups attached to an aromatic ring is 1.